The number of ether oxygens (including phenoxy) is 1. The highest BCUT2D eigenvalue weighted by Gasteiger charge is 2.14. The molecule has 0 aliphatic carbocycles. The van der Waals surface area contributed by atoms with Gasteiger partial charge in [0.15, 0.2) is 6.29 Å². The number of hydrogen-bond donors (Lipinski definition) is 3. The molecule has 11 heavy (non-hydrogen) atoms. The van der Waals surface area contributed by atoms with E-state index >= 15 is 0 Å². The average molecular weight is 161 g/mol. The fourth-order valence-electron chi connectivity index (χ4n) is 1.18. The van der Waals surface area contributed by atoms with Crippen molar-refractivity contribution in [2.24, 2.45) is 0 Å². The van der Waals surface area contributed by atoms with Gasteiger partial charge in [-0.3, -0.25) is 0 Å². The van der Waals surface area contributed by atoms with Crippen LogP contribution in [-0.2, 0) is 4.74 Å². The summed E-state index contributed by atoms with van der Waals surface area (Å²) in [6, 6.07) is 0. The second-order valence-electron chi connectivity index (χ2n) is 2.77. The van der Waals surface area contributed by atoms with Gasteiger partial charge in [-0.25, -0.2) is 0 Å². The van der Waals surface area contributed by atoms with E-state index in [1.165, 1.54) is 0 Å². The van der Waals surface area contributed by atoms with Crippen molar-refractivity contribution in [3.8, 4) is 0 Å². The van der Waals surface area contributed by atoms with Crippen molar-refractivity contribution in [2.75, 3.05) is 19.7 Å². The molecule has 4 heteroatoms. The summed E-state index contributed by atoms with van der Waals surface area (Å²) in [5.74, 6) is 0. The van der Waals surface area contributed by atoms with Gasteiger partial charge in [-0.2, -0.15) is 0 Å². The van der Waals surface area contributed by atoms with Crippen molar-refractivity contribution >= 4 is 0 Å². The zero-order chi connectivity index (χ0) is 8.10. The van der Waals surface area contributed by atoms with Gasteiger partial charge in [0.1, 0.15) is 0 Å². The maximum absolute atomic E-state index is 8.48. The van der Waals surface area contributed by atoms with Crippen LogP contribution in [0, 0.1) is 0 Å². The molecule has 0 saturated carbocycles. The summed E-state index contributed by atoms with van der Waals surface area (Å²) in [5, 5.41) is 19.9. The van der Waals surface area contributed by atoms with E-state index in [0.29, 0.717) is 0 Å². The minimum absolute atomic E-state index is 0.222. The van der Waals surface area contributed by atoms with Gasteiger partial charge in [0, 0.05) is 19.7 Å². The Hall–Kier alpha value is -0.160. The zero-order valence-electron chi connectivity index (χ0n) is 6.49. The number of rotatable bonds is 4. The SMILES string of the molecule is OC(O)CNCC1CCCO1. The molecule has 1 saturated heterocycles. The monoisotopic (exact) mass is 161 g/mol. The summed E-state index contributed by atoms with van der Waals surface area (Å²) >= 11 is 0. The van der Waals surface area contributed by atoms with E-state index in [2.05, 4.69) is 5.32 Å². The van der Waals surface area contributed by atoms with Crippen molar-refractivity contribution < 1.29 is 14.9 Å². The second kappa shape index (κ2) is 4.66. The first kappa shape index (κ1) is 8.93. The van der Waals surface area contributed by atoms with Crippen LogP contribution in [0.3, 0.4) is 0 Å². The molecular formula is C7H15NO3. The molecule has 1 atom stereocenters. The highest BCUT2D eigenvalue weighted by atomic mass is 16.5. The summed E-state index contributed by atoms with van der Waals surface area (Å²) in [6.45, 7) is 1.78. The molecule has 0 aromatic rings. The van der Waals surface area contributed by atoms with Gasteiger partial charge in [0.05, 0.1) is 6.10 Å². The zero-order valence-corrected chi connectivity index (χ0v) is 6.49. The van der Waals surface area contributed by atoms with Gasteiger partial charge in [0.25, 0.3) is 0 Å². The molecule has 0 aromatic heterocycles. The summed E-state index contributed by atoms with van der Waals surface area (Å²) < 4.78 is 5.31. The lowest BCUT2D eigenvalue weighted by atomic mass is 10.2. The molecule has 1 heterocycles. The predicted octanol–water partition coefficient (Wildman–Crippen LogP) is -0.934. The van der Waals surface area contributed by atoms with Crippen LogP contribution >= 0.6 is 0 Å². The van der Waals surface area contributed by atoms with Crippen LogP contribution in [0.5, 0.6) is 0 Å². The van der Waals surface area contributed by atoms with Crippen LogP contribution in [0.4, 0.5) is 0 Å². The fraction of sp³-hybridized carbons (Fsp3) is 1.00. The third-order valence-electron chi connectivity index (χ3n) is 1.72. The van der Waals surface area contributed by atoms with Gasteiger partial charge in [-0.1, -0.05) is 0 Å². The quantitative estimate of drug-likeness (QED) is 0.466. The molecule has 1 aliphatic rings. The fourth-order valence-corrected chi connectivity index (χ4v) is 1.18. The molecule has 66 valence electrons. The Kier molecular flexibility index (Phi) is 3.79. The van der Waals surface area contributed by atoms with Gasteiger partial charge in [0.2, 0.25) is 0 Å². The second-order valence-corrected chi connectivity index (χ2v) is 2.77. The Labute approximate surface area is 66.2 Å². The Morgan fingerprint density at radius 1 is 1.55 bits per heavy atom. The minimum Gasteiger partial charge on any atom is -0.377 e. The number of aliphatic hydroxyl groups is 2. The molecular weight excluding hydrogens is 146 g/mol. The van der Waals surface area contributed by atoms with Crippen LogP contribution in [0.2, 0.25) is 0 Å². The van der Waals surface area contributed by atoms with Gasteiger partial charge in [-0.05, 0) is 12.8 Å². The van der Waals surface area contributed by atoms with E-state index < -0.39 is 6.29 Å². The van der Waals surface area contributed by atoms with E-state index in [9.17, 15) is 0 Å². The summed E-state index contributed by atoms with van der Waals surface area (Å²) in [5.41, 5.74) is 0. The first-order valence-electron chi connectivity index (χ1n) is 3.97. The van der Waals surface area contributed by atoms with E-state index in [1.54, 1.807) is 0 Å². The van der Waals surface area contributed by atoms with E-state index in [4.69, 9.17) is 14.9 Å². The Balaban J connectivity index is 1.94. The number of hydrogen-bond acceptors (Lipinski definition) is 4. The van der Waals surface area contributed by atoms with Crippen LogP contribution in [0.1, 0.15) is 12.8 Å². The highest BCUT2D eigenvalue weighted by molar-refractivity contribution is 4.67. The predicted molar refractivity (Wildman–Crippen MR) is 40.1 cm³/mol. The Bertz CT molecular complexity index is 102. The Morgan fingerprint density at radius 2 is 2.36 bits per heavy atom. The first-order chi connectivity index (χ1) is 5.29. The topological polar surface area (TPSA) is 61.7 Å². The molecule has 0 radical (unpaired) electrons. The van der Waals surface area contributed by atoms with Gasteiger partial charge in [-0.15, -0.1) is 0 Å². The highest BCUT2D eigenvalue weighted by Crippen LogP contribution is 2.10. The lowest BCUT2D eigenvalue weighted by Crippen LogP contribution is -2.32. The molecule has 0 aromatic carbocycles. The van der Waals surface area contributed by atoms with Crippen molar-refractivity contribution in [3.05, 3.63) is 0 Å². The van der Waals surface area contributed by atoms with Crippen LogP contribution in [0.25, 0.3) is 0 Å². The molecule has 1 unspecified atom stereocenters. The van der Waals surface area contributed by atoms with Crippen LogP contribution < -0.4 is 5.32 Å². The first-order valence-corrected chi connectivity index (χ1v) is 3.97. The summed E-state index contributed by atoms with van der Waals surface area (Å²) in [4.78, 5) is 0. The molecule has 1 rings (SSSR count). The van der Waals surface area contributed by atoms with E-state index in [-0.39, 0.29) is 12.6 Å². The molecule has 1 fully saturated rings. The van der Waals surface area contributed by atoms with Gasteiger partial charge >= 0.3 is 0 Å². The van der Waals surface area contributed by atoms with Crippen molar-refractivity contribution in [3.63, 3.8) is 0 Å². The third-order valence-corrected chi connectivity index (χ3v) is 1.72. The Morgan fingerprint density at radius 3 is 2.91 bits per heavy atom. The average Bonchev–Trinajstić information content (AvgIpc) is 2.39. The summed E-state index contributed by atoms with van der Waals surface area (Å²) in [6.07, 6.45) is 1.22. The van der Waals surface area contributed by atoms with Crippen LogP contribution in [-0.4, -0.2) is 42.3 Å². The number of aliphatic hydroxyl groups excluding tert-OH is 1. The third kappa shape index (κ3) is 3.67. The van der Waals surface area contributed by atoms with Crippen molar-refractivity contribution in [1.29, 1.82) is 0 Å². The van der Waals surface area contributed by atoms with E-state index in [0.717, 1.165) is 26.0 Å². The molecule has 4 nitrogen and oxygen atoms in total. The molecule has 0 bridgehead atoms. The maximum Gasteiger partial charge on any atom is 0.164 e. The normalized spacial score (nSPS) is 24.8. The molecule has 3 N–H and O–H groups in total. The largest absolute Gasteiger partial charge is 0.377 e. The lowest BCUT2D eigenvalue weighted by Gasteiger charge is -2.10. The smallest absolute Gasteiger partial charge is 0.164 e. The maximum atomic E-state index is 8.48. The molecule has 0 spiro atoms. The molecule has 0 amide bonds. The summed E-state index contributed by atoms with van der Waals surface area (Å²) in [7, 11) is 0. The number of nitrogens with one attached hydrogen (secondary N) is 1. The van der Waals surface area contributed by atoms with Crippen molar-refractivity contribution in [1.82, 2.24) is 5.32 Å². The minimum atomic E-state index is -1.25. The lowest BCUT2D eigenvalue weighted by molar-refractivity contribution is -0.0388. The van der Waals surface area contributed by atoms with Crippen molar-refractivity contribution in [2.45, 2.75) is 25.2 Å². The van der Waals surface area contributed by atoms with Gasteiger partial charge < -0.3 is 20.3 Å². The standard InChI is InChI=1S/C7H15NO3/c9-7(10)5-8-4-6-2-1-3-11-6/h6-10H,1-5H2. The van der Waals surface area contributed by atoms with Crippen LogP contribution in [0.15, 0.2) is 0 Å². The van der Waals surface area contributed by atoms with E-state index in [1.807, 2.05) is 0 Å². The molecule has 1 aliphatic heterocycles.